The predicted molar refractivity (Wildman–Crippen MR) is 51.5 cm³/mol. The molecule has 5 heteroatoms. The molecule has 2 amide bonds. The number of urea groups is 1. The maximum absolute atomic E-state index is 10.3. The highest BCUT2D eigenvalue weighted by Crippen LogP contribution is 2.03. The second-order valence-electron chi connectivity index (χ2n) is 2.43. The summed E-state index contributed by atoms with van der Waals surface area (Å²) < 4.78 is 0. The smallest absolute Gasteiger partial charge is 0.332 e. The molecular weight excluding hydrogens is 180 g/mol. The number of hydrazone groups is 1. The third-order valence-electron chi connectivity index (χ3n) is 1.46. The fourth-order valence-corrected chi connectivity index (χ4v) is 0.877. The van der Waals surface area contributed by atoms with Crippen LogP contribution >= 0.6 is 0 Å². The summed E-state index contributed by atoms with van der Waals surface area (Å²) in [5.74, 6) is 0. The van der Waals surface area contributed by atoms with Crippen LogP contribution in [0.2, 0.25) is 0 Å². The van der Waals surface area contributed by atoms with Crippen LogP contribution in [0, 0.1) is 11.3 Å². The summed E-state index contributed by atoms with van der Waals surface area (Å²) in [4.78, 5) is 10.3. The normalized spacial score (nSPS) is 9.64. The monoisotopic (exact) mass is 188 g/mol. The highest BCUT2D eigenvalue weighted by atomic mass is 16.2. The SMILES string of the molecule is N#Cc1ccccc1/C=N/NC(N)=O. The van der Waals surface area contributed by atoms with Gasteiger partial charge in [-0.15, -0.1) is 0 Å². The van der Waals surface area contributed by atoms with Crippen LogP contribution in [0.1, 0.15) is 11.1 Å². The lowest BCUT2D eigenvalue weighted by Crippen LogP contribution is -2.24. The van der Waals surface area contributed by atoms with Gasteiger partial charge < -0.3 is 5.73 Å². The van der Waals surface area contributed by atoms with Crippen LogP contribution in [0.15, 0.2) is 29.4 Å². The summed E-state index contributed by atoms with van der Waals surface area (Å²) in [6.45, 7) is 0. The number of amides is 2. The van der Waals surface area contributed by atoms with E-state index in [9.17, 15) is 4.79 Å². The Kier molecular flexibility index (Phi) is 3.21. The first-order valence-electron chi connectivity index (χ1n) is 3.81. The standard InChI is InChI=1S/C9H8N4O/c10-5-7-3-1-2-4-8(7)6-12-13-9(11)14/h1-4,6H,(H3,11,13,14)/b12-6+. The Labute approximate surface area is 80.8 Å². The molecule has 3 N–H and O–H groups in total. The molecule has 0 aromatic heterocycles. The van der Waals surface area contributed by atoms with Gasteiger partial charge in [0.2, 0.25) is 0 Å². The fraction of sp³-hybridized carbons (Fsp3) is 0. The summed E-state index contributed by atoms with van der Waals surface area (Å²) in [5.41, 5.74) is 7.96. The first-order chi connectivity index (χ1) is 6.74. The molecule has 1 rings (SSSR count). The number of nitrogens with two attached hydrogens (primary N) is 1. The molecule has 0 atom stereocenters. The quantitative estimate of drug-likeness (QED) is 0.524. The second kappa shape index (κ2) is 4.62. The Bertz CT molecular complexity index is 406. The average Bonchev–Trinajstić information content (AvgIpc) is 2.18. The number of rotatable bonds is 2. The molecule has 70 valence electrons. The van der Waals surface area contributed by atoms with Gasteiger partial charge in [-0.05, 0) is 6.07 Å². The van der Waals surface area contributed by atoms with Gasteiger partial charge in [0.25, 0.3) is 0 Å². The molecule has 0 saturated carbocycles. The molecule has 0 unspecified atom stereocenters. The van der Waals surface area contributed by atoms with E-state index in [1.807, 2.05) is 11.5 Å². The van der Waals surface area contributed by atoms with E-state index >= 15 is 0 Å². The van der Waals surface area contributed by atoms with Crippen molar-refractivity contribution in [2.75, 3.05) is 0 Å². The summed E-state index contributed by atoms with van der Waals surface area (Å²) in [5, 5.41) is 12.3. The maximum Gasteiger partial charge on any atom is 0.332 e. The van der Waals surface area contributed by atoms with Gasteiger partial charge in [-0.2, -0.15) is 10.4 Å². The third-order valence-corrected chi connectivity index (χ3v) is 1.46. The molecule has 0 radical (unpaired) electrons. The summed E-state index contributed by atoms with van der Waals surface area (Å²) in [6.07, 6.45) is 1.36. The van der Waals surface area contributed by atoms with Gasteiger partial charge in [0.15, 0.2) is 0 Å². The lowest BCUT2D eigenvalue weighted by molar-refractivity contribution is 0.249. The van der Waals surface area contributed by atoms with Crippen LogP contribution in [-0.2, 0) is 0 Å². The van der Waals surface area contributed by atoms with Crippen LogP contribution in [0.5, 0.6) is 0 Å². The Hall–Kier alpha value is -2.35. The van der Waals surface area contributed by atoms with E-state index in [1.165, 1.54) is 6.21 Å². The van der Waals surface area contributed by atoms with Gasteiger partial charge in [0.05, 0.1) is 17.8 Å². The minimum Gasteiger partial charge on any atom is -0.350 e. The van der Waals surface area contributed by atoms with Gasteiger partial charge in [0, 0.05) is 5.56 Å². The van der Waals surface area contributed by atoms with Crippen molar-refractivity contribution in [1.29, 1.82) is 5.26 Å². The molecule has 1 aromatic carbocycles. The number of primary amides is 1. The molecule has 0 saturated heterocycles. The molecular formula is C9H8N4O. The van der Waals surface area contributed by atoms with Crippen molar-refractivity contribution in [3.8, 4) is 6.07 Å². The largest absolute Gasteiger partial charge is 0.350 e. The number of carbonyl (C=O) groups is 1. The molecule has 0 aliphatic carbocycles. The summed E-state index contributed by atoms with van der Waals surface area (Å²) >= 11 is 0. The fourth-order valence-electron chi connectivity index (χ4n) is 0.877. The molecule has 0 heterocycles. The average molecular weight is 188 g/mol. The van der Waals surface area contributed by atoms with Crippen molar-refractivity contribution < 1.29 is 4.79 Å². The van der Waals surface area contributed by atoms with Gasteiger partial charge in [-0.3, -0.25) is 0 Å². The van der Waals surface area contributed by atoms with Crippen molar-refractivity contribution in [3.05, 3.63) is 35.4 Å². The molecule has 0 aliphatic rings. The molecule has 0 fully saturated rings. The highest BCUT2D eigenvalue weighted by Gasteiger charge is 1.96. The van der Waals surface area contributed by atoms with Crippen LogP contribution < -0.4 is 11.2 Å². The van der Waals surface area contributed by atoms with Crippen LogP contribution in [0.25, 0.3) is 0 Å². The maximum atomic E-state index is 10.3. The van der Waals surface area contributed by atoms with E-state index < -0.39 is 6.03 Å². The zero-order valence-corrected chi connectivity index (χ0v) is 7.27. The van der Waals surface area contributed by atoms with Crippen LogP contribution in [-0.4, -0.2) is 12.2 Å². The van der Waals surface area contributed by atoms with Crippen molar-refractivity contribution >= 4 is 12.2 Å². The van der Waals surface area contributed by atoms with Crippen molar-refractivity contribution in [1.82, 2.24) is 5.43 Å². The van der Waals surface area contributed by atoms with Crippen LogP contribution in [0.3, 0.4) is 0 Å². The van der Waals surface area contributed by atoms with E-state index in [1.54, 1.807) is 24.3 Å². The Morgan fingerprint density at radius 3 is 2.93 bits per heavy atom. The van der Waals surface area contributed by atoms with E-state index in [2.05, 4.69) is 5.10 Å². The minimum atomic E-state index is -0.740. The van der Waals surface area contributed by atoms with E-state index in [0.29, 0.717) is 11.1 Å². The van der Waals surface area contributed by atoms with Crippen molar-refractivity contribution in [3.63, 3.8) is 0 Å². The second-order valence-corrected chi connectivity index (χ2v) is 2.43. The number of nitrogens with one attached hydrogen (secondary N) is 1. The summed E-state index contributed by atoms with van der Waals surface area (Å²) in [7, 11) is 0. The minimum absolute atomic E-state index is 0.488. The molecule has 0 aliphatic heterocycles. The van der Waals surface area contributed by atoms with Gasteiger partial charge >= 0.3 is 6.03 Å². The summed E-state index contributed by atoms with van der Waals surface area (Å²) in [6, 6.07) is 8.15. The Morgan fingerprint density at radius 2 is 2.29 bits per heavy atom. The van der Waals surface area contributed by atoms with Crippen molar-refractivity contribution in [2.45, 2.75) is 0 Å². The number of nitrogens with zero attached hydrogens (tertiary/aromatic N) is 2. The lowest BCUT2D eigenvalue weighted by atomic mass is 10.1. The zero-order chi connectivity index (χ0) is 10.4. The Morgan fingerprint density at radius 1 is 1.57 bits per heavy atom. The van der Waals surface area contributed by atoms with E-state index in [-0.39, 0.29) is 0 Å². The number of carbonyl (C=O) groups excluding carboxylic acids is 1. The van der Waals surface area contributed by atoms with E-state index in [0.717, 1.165) is 0 Å². The zero-order valence-electron chi connectivity index (χ0n) is 7.27. The first-order valence-corrected chi connectivity index (χ1v) is 3.81. The molecule has 5 nitrogen and oxygen atoms in total. The highest BCUT2D eigenvalue weighted by molar-refractivity contribution is 5.84. The molecule has 14 heavy (non-hydrogen) atoms. The van der Waals surface area contributed by atoms with Crippen LogP contribution in [0.4, 0.5) is 4.79 Å². The number of benzene rings is 1. The number of hydrogen-bond acceptors (Lipinski definition) is 3. The predicted octanol–water partition coefficient (Wildman–Crippen LogP) is 0.560. The lowest BCUT2D eigenvalue weighted by Gasteiger charge is -1.95. The Balaban J connectivity index is 2.81. The molecule has 0 spiro atoms. The van der Waals surface area contributed by atoms with Gasteiger partial charge in [-0.1, -0.05) is 18.2 Å². The topological polar surface area (TPSA) is 91.3 Å². The van der Waals surface area contributed by atoms with Crippen molar-refractivity contribution in [2.24, 2.45) is 10.8 Å². The number of nitriles is 1. The molecule has 1 aromatic rings. The van der Waals surface area contributed by atoms with Gasteiger partial charge in [-0.25, -0.2) is 10.2 Å². The van der Waals surface area contributed by atoms with E-state index in [4.69, 9.17) is 11.0 Å². The number of hydrogen-bond donors (Lipinski definition) is 2. The third kappa shape index (κ3) is 2.60. The first kappa shape index (κ1) is 9.74. The van der Waals surface area contributed by atoms with Gasteiger partial charge in [0.1, 0.15) is 0 Å². The molecule has 0 bridgehead atoms.